The molecule has 3 heteroatoms. The van der Waals surface area contributed by atoms with Crippen LogP contribution in [0.4, 0.5) is 0 Å². The van der Waals surface area contributed by atoms with Crippen molar-refractivity contribution < 1.29 is 9.53 Å². The Hall–Kier alpha value is -1.35. The van der Waals surface area contributed by atoms with Gasteiger partial charge in [0.15, 0.2) is 0 Å². The first kappa shape index (κ1) is 14.7. The molecule has 0 fully saturated rings. The molecule has 0 bridgehead atoms. The average molecular weight is 249 g/mol. The molecule has 0 spiro atoms. The Morgan fingerprint density at radius 1 is 1.17 bits per heavy atom. The maximum absolute atomic E-state index is 11.4. The first-order valence-corrected chi connectivity index (χ1v) is 6.53. The molecule has 0 saturated carbocycles. The molecule has 0 radical (unpaired) electrons. The van der Waals surface area contributed by atoms with Gasteiger partial charge in [-0.3, -0.25) is 4.79 Å². The highest BCUT2D eigenvalue weighted by atomic mass is 16.5. The first-order chi connectivity index (χ1) is 8.52. The number of carbonyl (C=O) groups excluding carboxylic acids is 1. The first-order valence-electron chi connectivity index (χ1n) is 6.53. The van der Waals surface area contributed by atoms with Gasteiger partial charge in [-0.15, -0.1) is 0 Å². The lowest BCUT2D eigenvalue weighted by atomic mass is 9.99. The number of benzene rings is 1. The highest BCUT2D eigenvalue weighted by Gasteiger charge is 2.14. The second kappa shape index (κ2) is 7.17. The Balaban J connectivity index is 2.55. The van der Waals surface area contributed by atoms with Gasteiger partial charge in [-0.1, -0.05) is 38.1 Å². The summed E-state index contributed by atoms with van der Waals surface area (Å²) in [7, 11) is 0. The number of hydrogen-bond acceptors (Lipinski definition) is 3. The highest BCUT2D eigenvalue weighted by Crippen LogP contribution is 2.11. The summed E-state index contributed by atoms with van der Waals surface area (Å²) >= 11 is 0. The van der Waals surface area contributed by atoms with Crippen LogP contribution < -0.4 is 5.73 Å². The van der Waals surface area contributed by atoms with Crippen molar-refractivity contribution in [3.63, 3.8) is 0 Å². The SMILES string of the molecule is CCOC(=O)C(N)Cc1ccc(CC(C)C)cc1. The molecule has 18 heavy (non-hydrogen) atoms. The van der Waals surface area contributed by atoms with Crippen LogP contribution in [0.2, 0.25) is 0 Å². The van der Waals surface area contributed by atoms with E-state index >= 15 is 0 Å². The van der Waals surface area contributed by atoms with Crippen molar-refractivity contribution in [3.05, 3.63) is 35.4 Å². The van der Waals surface area contributed by atoms with E-state index in [4.69, 9.17) is 10.5 Å². The third-order valence-corrected chi connectivity index (χ3v) is 2.71. The molecule has 1 unspecified atom stereocenters. The van der Waals surface area contributed by atoms with Gasteiger partial charge in [0.25, 0.3) is 0 Å². The van der Waals surface area contributed by atoms with Crippen LogP contribution in [-0.2, 0) is 22.4 Å². The van der Waals surface area contributed by atoms with E-state index in [1.54, 1.807) is 6.92 Å². The van der Waals surface area contributed by atoms with Crippen LogP contribution in [0.5, 0.6) is 0 Å². The molecule has 3 nitrogen and oxygen atoms in total. The van der Waals surface area contributed by atoms with Crippen molar-refractivity contribution in [1.29, 1.82) is 0 Å². The quantitative estimate of drug-likeness (QED) is 0.787. The standard InChI is InChI=1S/C15H23NO2/c1-4-18-15(17)14(16)10-13-7-5-12(6-8-13)9-11(2)3/h5-8,11,14H,4,9-10,16H2,1-3H3. The number of hydrogen-bond donors (Lipinski definition) is 1. The molecule has 1 rings (SSSR count). The molecule has 1 aromatic carbocycles. The lowest BCUT2D eigenvalue weighted by molar-refractivity contribution is -0.144. The van der Waals surface area contributed by atoms with Crippen LogP contribution in [0.25, 0.3) is 0 Å². The van der Waals surface area contributed by atoms with E-state index in [-0.39, 0.29) is 5.97 Å². The van der Waals surface area contributed by atoms with E-state index < -0.39 is 6.04 Å². The zero-order valence-electron chi connectivity index (χ0n) is 11.5. The van der Waals surface area contributed by atoms with E-state index in [0.717, 1.165) is 12.0 Å². The van der Waals surface area contributed by atoms with Crippen LogP contribution in [-0.4, -0.2) is 18.6 Å². The number of carbonyl (C=O) groups is 1. The summed E-state index contributed by atoms with van der Waals surface area (Å²) in [4.78, 5) is 11.4. The summed E-state index contributed by atoms with van der Waals surface area (Å²) in [5, 5.41) is 0. The third kappa shape index (κ3) is 4.88. The minimum atomic E-state index is -0.569. The molecule has 0 heterocycles. The smallest absolute Gasteiger partial charge is 0.323 e. The molecule has 1 atom stereocenters. The molecule has 100 valence electrons. The molecule has 0 aliphatic heterocycles. The van der Waals surface area contributed by atoms with E-state index in [0.29, 0.717) is 18.9 Å². The van der Waals surface area contributed by atoms with Gasteiger partial charge in [0.1, 0.15) is 6.04 Å². The third-order valence-electron chi connectivity index (χ3n) is 2.71. The molecular formula is C15H23NO2. The zero-order chi connectivity index (χ0) is 13.5. The lowest BCUT2D eigenvalue weighted by Crippen LogP contribution is -2.34. The van der Waals surface area contributed by atoms with Gasteiger partial charge >= 0.3 is 5.97 Å². The number of ether oxygens (including phenoxy) is 1. The summed E-state index contributed by atoms with van der Waals surface area (Å²) in [6, 6.07) is 7.72. The monoisotopic (exact) mass is 249 g/mol. The number of rotatable bonds is 6. The Morgan fingerprint density at radius 2 is 1.67 bits per heavy atom. The predicted octanol–water partition coefficient (Wildman–Crippen LogP) is 2.32. The minimum absolute atomic E-state index is 0.330. The van der Waals surface area contributed by atoms with E-state index in [9.17, 15) is 4.79 Å². The molecule has 2 N–H and O–H groups in total. The van der Waals surface area contributed by atoms with E-state index in [1.165, 1.54) is 5.56 Å². The van der Waals surface area contributed by atoms with Crippen molar-refractivity contribution in [1.82, 2.24) is 0 Å². The van der Waals surface area contributed by atoms with E-state index in [1.807, 2.05) is 12.1 Å². The summed E-state index contributed by atoms with van der Waals surface area (Å²) in [5.74, 6) is 0.321. The molecule has 0 aliphatic rings. The van der Waals surface area contributed by atoms with Crippen molar-refractivity contribution in [2.24, 2.45) is 11.7 Å². The fourth-order valence-corrected chi connectivity index (χ4v) is 1.87. The van der Waals surface area contributed by atoms with Crippen molar-refractivity contribution >= 4 is 5.97 Å². The molecule has 0 saturated heterocycles. The van der Waals surface area contributed by atoms with Gasteiger partial charge < -0.3 is 10.5 Å². The normalized spacial score (nSPS) is 12.5. The van der Waals surface area contributed by atoms with Crippen LogP contribution in [0.1, 0.15) is 31.9 Å². The van der Waals surface area contributed by atoms with Crippen LogP contribution in [0, 0.1) is 5.92 Å². The van der Waals surface area contributed by atoms with Crippen molar-refractivity contribution in [2.75, 3.05) is 6.61 Å². The second-order valence-electron chi connectivity index (χ2n) is 4.98. The van der Waals surface area contributed by atoms with Crippen molar-refractivity contribution in [3.8, 4) is 0 Å². The van der Waals surface area contributed by atoms with Crippen LogP contribution >= 0.6 is 0 Å². The summed E-state index contributed by atoms with van der Waals surface area (Å²) in [6.07, 6.45) is 1.60. The van der Waals surface area contributed by atoms with Gasteiger partial charge in [0, 0.05) is 0 Å². The maximum Gasteiger partial charge on any atom is 0.323 e. The van der Waals surface area contributed by atoms with Gasteiger partial charge in [-0.2, -0.15) is 0 Å². The van der Waals surface area contributed by atoms with Crippen LogP contribution in [0.15, 0.2) is 24.3 Å². The van der Waals surface area contributed by atoms with Gasteiger partial charge in [0.05, 0.1) is 6.61 Å². The van der Waals surface area contributed by atoms with Gasteiger partial charge in [-0.05, 0) is 36.8 Å². The number of esters is 1. The summed E-state index contributed by atoms with van der Waals surface area (Å²) in [6.45, 7) is 6.56. The molecule has 0 aliphatic carbocycles. The average Bonchev–Trinajstić information content (AvgIpc) is 2.31. The Morgan fingerprint density at radius 3 is 2.11 bits per heavy atom. The maximum atomic E-state index is 11.4. The molecule has 0 amide bonds. The highest BCUT2D eigenvalue weighted by molar-refractivity contribution is 5.75. The largest absolute Gasteiger partial charge is 0.465 e. The fourth-order valence-electron chi connectivity index (χ4n) is 1.87. The van der Waals surface area contributed by atoms with E-state index in [2.05, 4.69) is 26.0 Å². The Labute approximate surface area is 109 Å². The predicted molar refractivity (Wildman–Crippen MR) is 73.3 cm³/mol. The number of nitrogens with two attached hydrogens (primary N) is 1. The van der Waals surface area contributed by atoms with Crippen molar-refractivity contribution in [2.45, 2.75) is 39.7 Å². The fraction of sp³-hybridized carbons (Fsp3) is 0.533. The Kier molecular flexibility index (Phi) is 5.86. The summed E-state index contributed by atoms with van der Waals surface area (Å²) in [5.41, 5.74) is 8.17. The molecular weight excluding hydrogens is 226 g/mol. The van der Waals surface area contributed by atoms with Gasteiger partial charge in [-0.25, -0.2) is 0 Å². The zero-order valence-corrected chi connectivity index (χ0v) is 11.5. The minimum Gasteiger partial charge on any atom is -0.465 e. The van der Waals surface area contributed by atoms with Gasteiger partial charge in [0.2, 0.25) is 0 Å². The Bertz CT molecular complexity index is 371. The molecule has 1 aromatic rings. The lowest BCUT2D eigenvalue weighted by Gasteiger charge is -2.11. The van der Waals surface area contributed by atoms with Crippen LogP contribution in [0.3, 0.4) is 0 Å². The molecule has 0 aromatic heterocycles. The topological polar surface area (TPSA) is 52.3 Å². The summed E-state index contributed by atoms with van der Waals surface area (Å²) < 4.78 is 4.89. The second-order valence-corrected chi connectivity index (χ2v) is 4.98.